The zero-order valence-corrected chi connectivity index (χ0v) is 11.1. The normalized spacial score (nSPS) is 21.3. The molecule has 3 nitrogen and oxygen atoms in total. The highest BCUT2D eigenvalue weighted by Crippen LogP contribution is 2.19. The van der Waals surface area contributed by atoms with Gasteiger partial charge in [-0.25, -0.2) is 0 Å². The van der Waals surface area contributed by atoms with Crippen molar-refractivity contribution in [3.05, 3.63) is 29.3 Å². The number of rotatable bonds is 3. The van der Waals surface area contributed by atoms with Crippen LogP contribution in [0.2, 0.25) is 0 Å². The lowest BCUT2D eigenvalue weighted by molar-refractivity contribution is 0.264. The van der Waals surface area contributed by atoms with Gasteiger partial charge in [0.05, 0.1) is 0 Å². The van der Waals surface area contributed by atoms with Crippen LogP contribution in [0, 0.1) is 6.92 Å². The number of aryl methyl sites for hydroxylation is 1. The lowest BCUT2D eigenvalue weighted by atomic mass is 10.1. The number of likely N-dealkylation sites (N-methyl/N-ethyl adjacent to an activating group) is 1. The quantitative estimate of drug-likeness (QED) is 0.807. The Hall–Kier alpha value is -1.06. The van der Waals surface area contributed by atoms with Gasteiger partial charge in [-0.3, -0.25) is 4.90 Å². The monoisotopic (exact) mass is 233 g/mol. The summed E-state index contributed by atoms with van der Waals surface area (Å²) in [5, 5.41) is 0. The summed E-state index contributed by atoms with van der Waals surface area (Å²) < 4.78 is 0. The molecule has 1 aliphatic rings. The highest BCUT2D eigenvalue weighted by atomic mass is 15.2. The van der Waals surface area contributed by atoms with Crippen LogP contribution in [0.5, 0.6) is 0 Å². The van der Waals surface area contributed by atoms with Crippen molar-refractivity contribution in [1.82, 2.24) is 9.80 Å². The van der Waals surface area contributed by atoms with Gasteiger partial charge in [0.1, 0.15) is 0 Å². The van der Waals surface area contributed by atoms with Crippen molar-refractivity contribution in [2.75, 3.05) is 32.9 Å². The number of hydrogen-bond donors (Lipinski definition) is 1. The molecule has 0 spiro atoms. The van der Waals surface area contributed by atoms with Gasteiger partial charge in [0, 0.05) is 31.4 Å². The van der Waals surface area contributed by atoms with Crippen LogP contribution in [0.3, 0.4) is 0 Å². The number of nitrogens with two attached hydrogens (primary N) is 1. The van der Waals surface area contributed by atoms with Gasteiger partial charge < -0.3 is 10.6 Å². The van der Waals surface area contributed by atoms with Gasteiger partial charge in [-0.15, -0.1) is 0 Å². The third kappa shape index (κ3) is 2.99. The van der Waals surface area contributed by atoms with Crippen LogP contribution in [0.1, 0.15) is 17.5 Å². The predicted molar refractivity (Wildman–Crippen MR) is 73.0 cm³/mol. The van der Waals surface area contributed by atoms with Gasteiger partial charge in [-0.1, -0.05) is 12.1 Å². The first-order chi connectivity index (χ1) is 8.06. The molecular weight excluding hydrogens is 210 g/mol. The van der Waals surface area contributed by atoms with Crippen molar-refractivity contribution in [2.45, 2.75) is 25.9 Å². The number of anilines is 1. The maximum absolute atomic E-state index is 5.94. The fourth-order valence-corrected chi connectivity index (χ4v) is 2.42. The maximum Gasteiger partial charge on any atom is 0.0346 e. The highest BCUT2D eigenvalue weighted by molar-refractivity contribution is 5.48. The third-order valence-corrected chi connectivity index (χ3v) is 3.73. The SMILES string of the molecule is Cc1ccc(CN2CCC(N(C)C)C2)cc1N. The van der Waals surface area contributed by atoms with E-state index < -0.39 is 0 Å². The van der Waals surface area contributed by atoms with Crippen LogP contribution in [0.25, 0.3) is 0 Å². The molecule has 1 atom stereocenters. The average molecular weight is 233 g/mol. The van der Waals surface area contributed by atoms with Crippen molar-refractivity contribution < 1.29 is 0 Å². The van der Waals surface area contributed by atoms with Crippen LogP contribution in [0.15, 0.2) is 18.2 Å². The third-order valence-electron chi connectivity index (χ3n) is 3.73. The second kappa shape index (κ2) is 5.07. The van der Waals surface area contributed by atoms with Crippen molar-refractivity contribution >= 4 is 5.69 Å². The molecule has 0 amide bonds. The molecule has 0 bridgehead atoms. The molecular formula is C14H23N3. The van der Waals surface area contributed by atoms with Crippen LogP contribution < -0.4 is 5.73 Å². The lowest BCUT2D eigenvalue weighted by Crippen LogP contribution is -2.31. The van der Waals surface area contributed by atoms with E-state index in [1.807, 2.05) is 0 Å². The van der Waals surface area contributed by atoms with Crippen molar-refractivity contribution in [1.29, 1.82) is 0 Å². The molecule has 2 N–H and O–H groups in total. The molecule has 1 aromatic rings. The largest absolute Gasteiger partial charge is 0.399 e. The molecule has 0 saturated carbocycles. The standard InChI is InChI=1S/C14H23N3/c1-11-4-5-12(8-14(11)15)9-17-7-6-13(10-17)16(2)3/h4-5,8,13H,6-7,9-10,15H2,1-3H3. The van der Waals surface area contributed by atoms with E-state index in [1.165, 1.54) is 30.6 Å². The molecule has 0 aromatic heterocycles. The van der Waals surface area contributed by atoms with E-state index in [0.29, 0.717) is 6.04 Å². The molecule has 1 fully saturated rings. The topological polar surface area (TPSA) is 32.5 Å². The Morgan fingerprint density at radius 1 is 1.41 bits per heavy atom. The molecule has 2 rings (SSSR count). The zero-order chi connectivity index (χ0) is 12.4. The number of hydrogen-bond acceptors (Lipinski definition) is 3. The Morgan fingerprint density at radius 2 is 2.18 bits per heavy atom. The smallest absolute Gasteiger partial charge is 0.0346 e. The summed E-state index contributed by atoms with van der Waals surface area (Å²) in [7, 11) is 4.33. The minimum absolute atomic E-state index is 0.706. The summed E-state index contributed by atoms with van der Waals surface area (Å²) in [6.07, 6.45) is 1.27. The molecule has 1 unspecified atom stereocenters. The Kier molecular flexibility index (Phi) is 3.69. The summed E-state index contributed by atoms with van der Waals surface area (Å²) in [6, 6.07) is 7.12. The van der Waals surface area contributed by atoms with E-state index in [-0.39, 0.29) is 0 Å². The number of likely N-dealkylation sites (tertiary alicyclic amines) is 1. The zero-order valence-electron chi connectivity index (χ0n) is 11.1. The maximum atomic E-state index is 5.94. The van der Waals surface area contributed by atoms with Crippen LogP contribution in [-0.4, -0.2) is 43.0 Å². The van der Waals surface area contributed by atoms with E-state index in [4.69, 9.17) is 5.73 Å². The summed E-state index contributed by atoms with van der Waals surface area (Å²) in [5.74, 6) is 0. The van der Waals surface area contributed by atoms with E-state index in [2.05, 4.69) is 49.0 Å². The minimum atomic E-state index is 0.706. The van der Waals surface area contributed by atoms with Crippen LogP contribution in [-0.2, 0) is 6.54 Å². The Labute approximate surface area is 104 Å². The molecule has 94 valence electrons. The van der Waals surface area contributed by atoms with Crippen molar-refractivity contribution in [2.24, 2.45) is 0 Å². The molecule has 1 saturated heterocycles. The Morgan fingerprint density at radius 3 is 2.76 bits per heavy atom. The van der Waals surface area contributed by atoms with Crippen LogP contribution in [0.4, 0.5) is 5.69 Å². The fraction of sp³-hybridized carbons (Fsp3) is 0.571. The van der Waals surface area contributed by atoms with Gasteiger partial charge >= 0.3 is 0 Å². The second-order valence-corrected chi connectivity index (χ2v) is 5.33. The molecule has 1 aliphatic heterocycles. The number of benzene rings is 1. The fourth-order valence-electron chi connectivity index (χ4n) is 2.42. The Balaban J connectivity index is 1.96. The average Bonchev–Trinajstić information content (AvgIpc) is 2.72. The molecule has 17 heavy (non-hydrogen) atoms. The van der Waals surface area contributed by atoms with E-state index in [9.17, 15) is 0 Å². The first-order valence-electron chi connectivity index (χ1n) is 6.30. The van der Waals surface area contributed by atoms with Gasteiger partial charge in [-0.05, 0) is 44.6 Å². The van der Waals surface area contributed by atoms with Crippen molar-refractivity contribution in [3.8, 4) is 0 Å². The lowest BCUT2D eigenvalue weighted by Gasteiger charge is -2.20. The van der Waals surface area contributed by atoms with E-state index in [1.54, 1.807) is 0 Å². The van der Waals surface area contributed by atoms with Crippen molar-refractivity contribution in [3.63, 3.8) is 0 Å². The van der Waals surface area contributed by atoms with Gasteiger partial charge in [0.25, 0.3) is 0 Å². The summed E-state index contributed by atoms with van der Waals surface area (Å²) in [5.41, 5.74) is 9.35. The van der Waals surface area contributed by atoms with Gasteiger partial charge in [-0.2, -0.15) is 0 Å². The van der Waals surface area contributed by atoms with Gasteiger partial charge in [0.2, 0.25) is 0 Å². The molecule has 1 aromatic carbocycles. The molecule has 3 heteroatoms. The number of nitrogens with zero attached hydrogens (tertiary/aromatic N) is 2. The van der Waals surface area contributed by atoms with E-state index in [0.717, 1.165) is 12.2 Å². The van der Waals surface area contributed by atoms with Crippen LogP contribution >= 0.6 is 0 Å². The first-order valence-corrected chi connectivity index (χ1v) is 6.30. The van der Waals surface area contributed by atoms with E-state index >= 15 is 0 Å². The second-order valence-electron chi connectivity index (χ2n) is 5.33. The molecule has 0 aliphatic carbocycles. The minimum Gasteiger partial charge on any atom is -0.399 e. The summed E-state index contributed by atoms with van der Waals surface area (Å²) in [6.45, 7) is 5.43. The highest BCUT2D eigenvalue weighted by Gasteiger charge is 2.23. The van der Waals surface area contributed by atoms with Gasteiger partial charge in [0.15, 0.2) is 0 Å². The predicted octanol–water partition coefficient (Wildman–Crippen LogP) is 1.71. The summed E-state index contributed by atoms with van der Waals surface area (Å²) >= 11 is 0. The molecule has 1 heterocycles. The first kappa shape index (κ1) is 12.4. The Bertz CT molecular complexity index is 387. The molecule has 0 radical (unpaired) electrons. The number of nitrogen functional groups attached to an aromatic ring is 1. The summed E-state index contributed by atoms with van der Waals surface area (Å²) in [4.78, 5) is 4.83.